The van der Waals surface area contributed by atoms with Crippen molar-refractivity contribution in [1.82, 2.24) is 16.0 Å². The Labute approximate surface area is 130 Å². The minimum Gasteiger partial charge on any atom is -0.508 e. The minimum atomic E-state index is -0.997. The summed E-state index contributed by atoms with van der Waals surface area (Å²) < 4.78 is 0. The summed E-state index contributed by atoms with van der Waals surface area (Å²) in [7, 11) is 0. The second kappa shape index (κ2) is 5.53. The molecule has 120 valence electrons. The number of hydrogen-bond acceptors (Lipinski definition) is 5. The van der Waals surface area contributed by atoms with Crippen molar-refractivity contribution < 1.29 is 15.0 Å². The molecule has 6 heteroatoms. The largest absolute Gasteiger partial charge is 0.508 e. The first-order valence-electron chi connectivity index (χ1n) is 7.17. The molecule has 2 rings (SSSR count). The number of benzene rings is 1. The number of hydrazine groups is 2. The summed E-state index contributed by atoms with van der Waals surface area (Å²) in [5, 5.41) is 20.2. The summed E-state index contributed by atoms with van der Waals surface area (Å²) in [4.78, 5) is 11.0. The van der Waals surface area contributed by atoms with Gasteiger partial charge >= 0.3 is 5.97 Å². The number of carboxylic acid groups (broad SMARTS) is 1. The van der Waals surface area contributed by atoms with E-state index in [1.165, 1.54) is 0 Å². The van der Waals surface area contributed by atoms with Crippen LogP contribution in [-0.4, -0.2) is 26.7 Å². The van der Waals surface area contributed by atoms with Gasteiger partial charge in [-0.15, -0.1) is 5.53 Å². The highest BCUT2D eigenvalue weighted by molar-refractivity contribution is 5.85. The van der Waals surface area contributed by atoms with E-state index in [1.54, 1.807) is 23.3 Å². The van der Waals surface area contributed by atoms with Crippen LogP contribution < -0.4 is 11.0 Å². The second-order valence-electron chi connectivity index (χ2n) is 6.87. The van der Waals surface area contributed by atoms with Gasteiger partial charge < -0.3 is 10.2 Å². The summed E-state index contributed by atoms with van der Waals surface area (Å²) in [6.07, 6.45) is 2.35. The molecule has 0 fully saturated rings. The molecule has 1 aromatic carbocycles. The zero-order valence-corrected chi connectivity index (χ0v) is 13.3. The number of rotatable bonds is 5. The Kier molecular flexibility index (Phi) is 4.06. The third-order valence-corrected chi connectivity index (χ3v) is 3.98. The molecule has 1 heterocycles. The van der Waals surface area contributed by atoms with Crippen LogP contribution >= 0.6 is 0 Å². The van der Waals surface area contributed by atoms with Crippen LogP contribution in [0.4, 0.5) is 0 Å². The van der Waals surface area contributed by atoms with E-state index in [4.69, 9.17) is 5.11 Å². The lowest BCUT2D eigenvalue weighted by Gasteiger charge is -2.41. The average molecular weight is 305 g/mol. The van der Waals surface area contributed by atoms with Gasteiger partial charge in [-0.05, 0) is 43.4 Å². The molecule has 0 bridgehead atoms. The average Bonchev–Trinajstić information content (AvgIpc) is 2.88. The topological polar surface area (TPSA) is 84.8 Å². The number of phenols is 1. The molecule has 1 aromatic rings. The molecule has 0 saturated heterocycles. The lowest BCUT2D eigenvalue weighted by Crippen LogP contribution is -2.51. The fourth-order valence-electron chi connectivity index (χ4n) is 2.93. The molecule has 6 nitrogen and oxygen atoms in total. The van der Waals surface area contributed by atoms with Crippen molar-refractivity contribution in [3.8, 4) is 5.75 Å². The van der Waals surface area contributed by atoms with E-state index in [1.807, 2.05) is 26.0 Å². The SMILES string of the molecule is CC(C)(CC(C)(C)N1C=C(C(=O)O)NN1)c1ccc(O)cc1. The summed E-state index contributed by atoms with van der Waals surface area (Å²) in [5.41, 5.74) is 6.32. The molecular weight excluding hydrogens is 282 g/mol. The van der Waals surface area contributed by atoms with Gasteiger partial charge in [0.25, 0.3) is 0 Å². The summed E-state index contributed by atoms with van der Waals surface area (Å²) in [5.74, 6) is -0.748. The highest BCUT2D eigenvalue weighted by Gasteiger charge is 2.36. The zero-order chi connectivity index (χ0) is 16.5. The number of carboxylic acids is 1. The standard InChI is InChI=1S/C16H23N3O3/c1-15(2,11-5-7-12(20)8-6-11)10-16(3,4)19-9-13(14(21)22)17-18-19/h5-9,17-18,20H,10H2,1-4H3,(H,21,22). The Hall–Kier alpha value is -2.21. The van der Waals surface area contributed by atoms with Crippen molar-refractivity contribution in [3.05, 3.63) is 41.7 Å². The van der Waals surface area contributed by atoms with E-state index < -0.39 is 5.97 Å². The van der Waals surface area contributed by atoms with Gasteiger partial charge in [0.05, 0.1) is 11.7 Å². The Morgan fingerprint density at radius 2 is 1.77 bits per heavy atom. The maximum absolute atomic E-state index is 11.0. The van der Waals surface area contributed by atoms with Gasteiger partial charge in [0.15, 0.2) is 5.70 Å². The third-order valence-electron chi connectivity index (χ3n) is 3.98. The van der Waals surface area contributed by atoms with Crippen molar-refractivity contribution in [2.24, 2.45) is 0 Å². The van der Waals surface area contributed by atoms with Crippen molar-refractivity contribution in [2.75, 3.05) is 0 Å². The van der Waals surface area contributed by atoms with E-state index in [0.29, 0.717) is 0 Å². The Morgan fingerprint density at radius 1 is 1.18 bits per heavy atom. The first kappa shape index (κ1) is 16.2. The van der Waals surface area contributed by atoms with Gasteiger partial charge in [0.2, 0.25) is 0 Å². The van der Waals surface area contributed by atoms with Gasteiger partial charge in [-0.25, -0.2) is 4.79 Å². The normalized spacial score (nSPS) is 15.5. The van der Waals surface area contributed by atoms with Crippen LogP contribution in [0.5, 0.6) is 5.75 Å². The van der Waals surface area contributed by atoms with Crippen LogP contribution in [0.15, 0.2) is 36.2 Å². The van der Waals surface area contributed by atoms with Crippen molar-refractivity contribution >= 4 is 5.97 Å². The Morgan fingerprint density at radius 3 is 2.27 bits per heavy atom. The van der Waals surface area contributed by atoms with E-state index in [-0.39, 0.29) is 22.4 Å². The number of nitrogens with one attached hydrogen (secondary N) is 2. The first-order valence-corrected chi connectivity index (χ1v) is 7.17. The number of aromatic hydroxyl groups is 1. The van der Waals surface area contributed by atoms with Crippen molar-refractivity contribution in [2.45, 2.75) is 45.1 Å². The number of carbonyl (C=O) groups is 1. The van der Waals surface area contributed by atoms with Gasteiger partial charge in [0, 0.05) is 0 Å². The van der Waals surface area contributed by atoms with Crippen LogP contribution in [0.25, 0.3) is 0 Å². The summed E-state index contributed by atoms with van der Waals surface area (Å²) in [6.45, 7) is 8.36. The minimum absolute atomic E-state index is 0.121. The highest BCUT2D eigenvalue weighted by Crippen LogP contribution is 2.35. The number of nitrogens with zero attached hydrogens (tertiary/aromatic N) is 1. The van der Waals surface area contributed by atoms with E-state index in [0.717, 1.165) is 12.0 Å². The maximum atomic E-state index is 11.0. The highest BCUT2D eigenvalue weighted by atomic mass is 16.4. The molecule has 0 spiro atoms. The van der Waals surface area contributed by atoms with Gasteiger partial charge in [0.1, 0.15) is 5.75 Å². The quantitative estimate of drug-likeness (QED) is 0.666. The van der Waals surface area contributed by atoms with Gasteiger partial charge in [-0.1, -0.05) is 26.0 Å². The van der Waals surface area contributed by atoms with Crippen LogP contribution in [0, 0.1) is 0 Å². The molecule has 0 atom stereocenters. The smallest absolute Gasteiger partial charge is 0.354 e. The van der Waals surface area contributed by atoms with E-state index >= 15 is 0 Å². The lowest BCUT2D eigenvalue weighted by molar-refractivity contribution is -0.133. The molecule has 0 amide bonds. The Bertz CT molecular complexity index is 591. The molecule has 1 aliphatic rings. The fourth-order valence-corrected chi connectivity index (χ4v) is 2.93. The number of phenolic OH excluding ortho intramolecular Hbond substituents is 1. The monoisotopic (exact) mass is 305 g/mol. The second-order valence-corrected chi connectivity index (χ2v) is 6.87. The Balaban J connectivity index is 2.17. The molecule has 0 saturated carbocycles. The molecule has 0 radical (unpaired) electrons. The maximum Gasteiger partial charge on any atom is 0.354 e. The van der Waals surface area contributed by atoms with E-state index in [2.05, 4.69) is 24.8 Å². The first-order chi connectivity index (χ1) is 10.1. The lowest BCUT2D eigenvalue weighted by atomic mass is 9.75. The summed E-state index contributed by atoms with van der Waals surface area (Å²) in [6, 6.07) is 7.20. The van der Waals surface area contributed by atoms with Crippen LogP contribution in [0.2, 0.25) is 0 Å². The van der Waals surface area contributed by atoms with Crippen molar-refractivity contribution in [3.63, 3.8) is 0 Å². The summed E-state index contributed by atoms with van der Waals surface area (Å²) >= 11 is 0. The zero-order valence-electron chi connectivity index (χ0n) is 13.3. The molecular formula is C16H23N3O3. The van der Waals surface area contributed by atoms with Crippen LogP contribution in [0.1, 0.15) is 39.7 Å². The molecule has 1 aliphatic heterocycles. The molecule has 0 aliphatic carbocycles. The molecule has 0 unspecified atom stereocenters. The van der Waals surface area contributed by atoms with Crippen molar-refractivity contribution in [1.29, 1.82) is 0 Å². The molecule has 0 aromatic heterocycles. The van der Waals surface area contributed by atoms with E-state index in [9.17, 15) is 9.90 Å². The third kappa shape index (κ3) is 3.33. The van der Waals surface area contributed by atoms with Gasteiger partial charge in [-0.2, -0.15) is 0 Å². The van der Waals surface area contributed by atoms with Crippen LogP contribution in [-0.2, 0) is 10.2 Å². The molecule has 22 heavy (non-hydrogen) atoms. The van der Waals surface area contributed by atoms with Gasteiger partial charge in [-0.3, -0.25) is 10.4 Å². The number of aliphatic carboxylic acids is 1. The van der Waals surface area contributed by atoms with Crippen LogP contribution in [0.3, 0.4) is 0 Å². The molecule has 4 N–H and O–H groups in total. The fraction of sp³-hybridized carbons (Fsp3) is 0.438. The number of hydrogen-bond donors (Lipinski definition) is 4. The predicted octanol–water partition coefficient (Wildman–Crippen LogP) is 2.09. The predicted molar refractivity (Wildman–Crippen MR) is 83.7 cm³/mol.